The fraction of sp³-hybridized carbons (Fsp3) is 0.500. The molecule has 24 heavy (non-hydrogen) atoms. The van der Waals surface area contributed by atoms with E-state index in [1.165, 1.54) is 0 Å². The van der Waals surface area contributed by atoms with Crippen molar-refractivity contribution in [1.29, 1.82) is 0 Å². The number of hydrogen-bond donors (Lipinski definition) is 4. The van der Waals surface area contributed by atoms with Gasteiger partial charge in [0.1, 0.15) is 6.04 Å². The molecule has 8 heteroatoms. The summed E-state index contributed by atoms with van der Waals surface area (Å²) < 4.78 is 0. The highest BCUT2D eigenvalue weighted by atomic mass is 16.2. The SMILES string of the molecule is CCCC(N)C(=O)C(=O)NCC(=O)NC(C(N)=O)C1=CC=CCC1. The van der Waals surface area contributed by atoms with Gasteiger partial charge in [-0.1, -0.05) is 31.6 Å². The summed E-state index contributed by atoms with van der Waals surface area (Å²) in [5.41, 5.74) is 11.6. The van der Waals surface area contributed by atoms with Gasteiger partial charge in [0.15, 0.2) is 0 Å². The van der Waals surface area contributed by atoms with Gasteiger partial charge in [0, 0.05) is 0 Å². The van der Waals surface area contributed by atoms with Crippen LogP contribution in [0.25, 0.3) is 0 Å². The number of allylic oxidation sites excluding steroid dienone is 3. The van der Waals surface area contributed by atoms with E-state index in [1.54, 1.807) is 12.2 Å². The lowest BCUT2D eigenvalue weighted by Gasteiger charge is -2.20. The van der Waals surface area contributed by atoms with Gasteiger partial charge in [-0.25, -0.2) is 0 Å². The molecule has 6 N–H and O–H groups in total. The van der Waals surface area contributed by atoms with E-state index in [0.29, 0.717) is 24.8 Å². The zero-order chi connectivity index (χ0) is 18.1. The van der Waals surface area contributed by atoms with E-state index in [9.17, 15) is 19.2 Å². The largest absolute Gasteiger partial charge is 0.368 e. The predicted molar refractivity (Wildman–Crippen MR) is 88.5 cm³/mol. The third-order valence-corrected chi connectivity index (χ3v) is 3.58. The average Bonchev–Trinajstić information content (AvgIpc) is 2.57. The van der Waals surface area contributed by atoms with Gasteiger partial charge in [-0.15, -0.1) is 0 Å². The van der Waals surface area contributed by atoms with Crippen LogP contribution in [-0.4, -0.2) is 42.1 Å². The number of rotatable bonds is 9. The molecule has 0 radical (unpaired) electrons. The van der Waals surface area contributed by atoms with Crippen LogP contribution in [0.15, 0.2) is 23.8 Å². The first-order chi connectivity index (χ1) is 11.4. The summed E-state index contributed by atoms with van der Waals surface area (Å²) in [6.45, 7) is 1.41. The van der Waals surface area contributed by atoms with Crippen molar-refractivity contribution in [2.75, 3.05) is 6.54 Å². The number of nitrogens with one attached hydrogen (secondary N) is 2. The average molecular weight is 336 g/mol. The molecular weight excluding hydrogens is 312 g/mol. The number of Topliss-reactive ketones (excluding diaryl/α,β-unsaturated/α-hetero) is 1. The van der Waals surface area contributed by atoms with E-state index in [4.69, 9.17) is 11.5 Å². The summed E-state index contributed by atoms with van der Waals surface area (Å²) in [6, 6.07) is -1.81. The molecule has 0 saturated carbocycles. The minimum atomic E-state index is -0.933. The van der Waals surface area contributed by atoms with Crippen LogP contribution in [0.5, 0.6) is 0 Å². The highest BCUT2D eigenvalue weighted by Gasteiger charge is 2.24. The highest BCUT2D eigenvalue weighted by Crippen LogP contribution is 2.15. The maximum absolute atomic E-state index is 11.9. The Hall–Kier alpha value is -2.48. The molecule has 2 atom stereocenters. The molecule has 8 nitrogen and oxygen atoms in total. The van der Waals surface area contributed by atoms with E-state index >= 15 is 0 Å². The van der Waals surface area contributed by atoms with E-state index in [2.05, 4.69) is 10.6 Å². The predicted octanol–water partition coefficient (Wildman–Crippen LogP) is -0.954. The highest BCUT2D eigenvalue weighted by molar-refractivity contribution is 6.38. The molecule has 0 fully saturated rings. The maximum atomic E-state index is 11.9. The molecule has 1 rings (SSSR count). The summed E-state index contributed by atoms with van der Waals surface area (Å²) in [4.78, 5) is 46.7. The second-order valence-corrected chi connectivity index (χ2v) is 5.55. The van der Waals surface area contributed by atoms with E-state index in [1.807, 2.05) is 13.0 Å². The summed E-state index contributed by atoms with van der Waals surface area (Å²) in [6.07, 6.45) is 7.89. The second kappa shape index (κ2) is 9.61. The fourth-order valence-corrected chi connectivity index (χ4v) is 2.28. The third-order valence-electron chi connectivity index (χ3n) is 3.58. The van der Waals surface area contributed by atoms with Crippen molar-refractivity contribution in [3.8, 4) is 0 Å². The van der Waals surface area contributed by atoms with Crippen LogP contribution in [0.1, 0.15) is 32.6 Å². The van der Waals surface area contributed by atoms with Gasteiger partial charge in [-0.2, -0.15) is 0 Å². The maximum Gasteiger partial charge on any atom is 0.289 e. The first-order valence-electron chi connectivity index (χ1n) is 7.88. The number of ketones is 1. The number of amides is 3. The van der Waals surface area contributed by atoms with E-state index in [0.717, 1.165) is 6.42 Å². The first kappa shape index (κ1) is 19.6. The quantitative estimate of drug-likeness (QED) is 0.401. The van der Waals surface area contributed by atoms with Crippen molar-refractivity contribution in [2.24, 2.45) is 11.5 Å². The molecule has 0 heterocycles. The Balaban J connectivity index is 2.53. The molecule has 0 aromatic heterocycles. The van der Waals surface area contributed by atoms with Gasteiger partial charge in [0.05, 0.1) is 12.6 Å². The Bertz CT molecular complexity index is 568. The van der Waals surface area contributed by atoms with Crippen molar-refractivity contribution < 1.29 is 19.2 Å². The topological polar surface area (TPSA) is 144 Å². The molecule has 0 aromatic carbocycles. The standard InChI is InChI=1S/C16H24N4O4/c1-2-6-11(17)14(22)16(24)19-9-12(21)20-13(15(18)23)10-7-4-3-5-8-10/h3-4,7,11,13H,2,5-6,8-9,17H2,1H3,(H2,18,23)(H,19,24)(H,20,21). The Kier molecular flexibility index (Phi) is 7.84. The minimum absolute atomic E-state index is 0.393. The number of primary amides is 1. The lowest BCUT2D eigenvalue weighted by molar-refractivity contribution is -0.139. The summed E-state index contributed by atoms with van der Waals surface area (Å²) >= 11 is 0. The van der Waals surface area contributed by atoms with Crippen LogP contribution in [0, 0.1) is 0 Å². The lowest BCUT2D eigenvalue weighted by atomic mass is 9.97. The summed E-state index contributed by atoms with van der Waals surface area (Å²) in [5, 5.41) is 4.66. The molecule has 2 unspecified atom stereocenters. The van der Waals surface area contributed by atoms with Crippen molar-refractivity contribution in [3.63, 3.8) is 0 Å². The zero-order valence-corrected chi connectivity index (χ0v) is 13.7. The Morgan fingerprint density at radius 1 is 1.29 bits per heavy atom. The summed E-state index contributed by atoms with van der Waals surface area (Å²) in [5.74, 6) is -2.98. The number of hydrogen-bond acceptors (Lipinski definition) is 5. The lowest BCUT2D eigenvalue weighted by Crippen LogP contribution is -2.50. The van der Waals surface area contributed by atoms with Gasteiger partial charge in [-0.05, 0) is 24.8 Å². The molecule has 0 aromatic rings. The Morgan fingerprint density at radius 2 is 2.00 bits per heavy atom. The van der Waals surface area contributed by atoms with Gasteiger partial charge < -0.3 is 22.1 Å². The van der Waals surface area contributed by atoms with Crippen LogP contribution in [-0.2, 0) is 19.2 Å². The molecule has 1 aliphatic rings. The molecule has 1 aliphatic carbocycles. The second-order valence-electron chi connectivity index (χ2n) is 5.55. The van der Waals surface area contributed by atoms with Crippen LogP contribution >= 0.6 is 0 Å². The van der Waals surface area contributed by atoms with Crippen molar-refractivity contribution >= 4 is 23.5 Å². The number of nitrogens with two attached hydrogens (primary N) is 2. The van der Waals surface area contributed by atoms with Crippen LogP contribution < -0.4 is 22.1 Å². The van der Waals surface area contributed by atoms with Gasteiger partial charge in [-0.3, -0.25) is 19.2 Å². The molecular formula is C16H24N4O4. The third kappa shape index (κ3) is 5.96. The van der Waals surface area contributed by atoms with Crippen LogP contribution in [0.2, 0.25) is 0 Å². The zero-order valence-electron chi connectivity index (χ0n) is 13.7. The molecule has 0 bridgehead atoms. The van der Waals surface area contributed by atoms with Crippen molar-refractivity contribution in [3.05, 3.63) is 23.8 Å². The Morgan fingerprint density at radius 3 is 2.54 bits per heavy atom. The summed E-state index contributed by atoms with van der Waals surface area (Å²) in [7, 11) is 0. The van der Waals surface area contributed by atoms with Crippen molar-refractivity contribution in [2.45, 2.75) is 44.7 Å². The van der Waals surface area contributed by atoms with E-state index < -0.39 is 42.1 Å². The molecule has 132 valence electrons. The molecule has 3 amide bonds. The number of carbonyl (C=O) groups is 4. The molecule has 0 aliphatic heterocycles. The first-order valence-corrected chi connectivity index (χ1v) is 7.88. The van der Waals surface area contributed by atoms with Crippen LogP contribution in [0.3, 0.4) is 0 Å². The normalized spacial score (nSPS) is 15.8. The van der Waals surface area contributed by atoms with Gasteiger partial charge >= 0.3 is 0 Å². The Labute approximate surface area is 140 Å². The van der Waals surface area contributed by atoms with Gasteiger partial charge in [0.25, 0.3) is 5.91 Å². The number of carbonyl (C=O) groups excluding carboxylic acids is 4. The molecule has 0 spiro atoms. The smallest absolute Gasteiger partial charge is 0.289 e. The molecule has 0 saturated heterocycles. The van der Waals surface area contributed by atoms with Gasteiger partial charge in [0.2, 0.25) is 17.6 Å². The van der Waals surface area contributed by atoms with Crippen LogP contribution in [0.4, 0.5) is 0 Å². The monoisotopic (exact) mass is 336 g/mol. The van der Waals surface area contributed by atoms with E-state index in [-0.39, 0.29) is 0 Å². The minimum Gasteiger partial charge on any atom is -0.368 e. The van der Waals surface area contributed by atoms with Crippen molar-refractivity contribution in [1.82, 2.24) is 10.6 Å². The fourth-order valence-electron chi connectivity index (χ4n) is 2.28.